The highest BCUT2D eigenvalue weighted by Gasteiger charge is 2.18. The van der Waals surface area contributed by atoms with E-state index in [4.69, 9.17) is 10.00 Å². The van der Waals surface area contributed by atoms with Gasteiger partial charge < -0.3 is 4.74 Å². The fourth-order valence-corrected chi connectivity index (χ4v) is 1.53. The molecule has 0 aromatic rings. The molecule has 0 radical (unpaired) electrons. The van der Waals surface area contributed by atoms with Gasteiger partial charge in [-0.15, -0.1) is 0 Å². The van der Waals surface area contributed by atoms with Crippen molar-refractivity contribution in [3.63, 3.8) is 0 Å². The molecule has 0 aliphatic carbocycles. The number of sulfonamides is 1. The number of nitrogens with zero attached hydrogens (tertiary/aromatic N) is 1. The average Bonchev–Trinajstić information content (AvgIpc) is 2.15. The van der Waals surface area contributed by atoms with Crippen LogP contribution in [0.3, 0.4) is 0 Å². The van der Waals surface area contributed by atoms with Gasteiger partial charge in [0, 0.05) is 13.2 Å². The first kappa shape index (κ1) is 14.4. The van der Waals surface area contributed by atoms with Crippen molar-refractivity contribution >= 4 is 10.0 Å². The summed E-state index contributed by atoms with van der Waals surface area (Å²) in [5.74, 6) is 0.430. The van der Waals surface area contributed by atoms with Gasteiger partial charge in [0.05, 0.1) is 12.7 Å². The average molecular weight is 234 g/mol. The zero-order valence-corrected chi connectivity index (χ0v) is 10.2. The Morgan fingerprint density at radius 3 is 2.47 bits per heavy atom. The molecule has 0 fully saturated rings. The van der Waals surface area contributed by atoms with Gasteiger partial charge in [-0.05, 0) is 12.8 Å². The minimum Gasteiger partial charge on any atom is -0.380 e. The zero-order valence-electron chi connectivity index (χ0n) is 9.36. The van der Waals surface area contributed by atoms with E-state index < -0.39 is 15.3 Å². The van der Waals surface area contributed by atoms with Gasteiger partial charge in [0.25, 0.3) is 0 Å². The summed E-state index contributed by atoms with van der Waals surface area (Å²) in [6, 6.07) is 1.67. The summed E-state index contributed by atoms with van der Waals surface area (Å²) in [6.07, 6.45) is 0. The van der Waals surface area contributed by atoms with Crippen molar-refractivity contribution < 1.29 is 13.2 Å². The van der Waals surface area contributed by atoms with Gasteiger partial charge in [0.2, 0.25) is 10.0 Å². The Morgan fingerprint density at radius 1 is 1.40 bits per heavy atom. The highest BCUT2D eigenvalue weighted by atomic mass is 32.2. The van der Waals surface area contributed by atoms with E-state index >= 15 is 0 Å². The van der Waals surface area contributed by atoms with E-state index in [1.54, 1.807) is 6.07 Å². The summed E-state index contributed by atoms with van der Waals surface area (Å²) < 4.78 is 30.0. The number of ether oxygens (including phenoxy) is 1. The summed E-state index contributed by atoms with van der Waals surface area (Å²) >= 11 is 0. The van der Waals surface area contributed by atoms with E-state index in [1.807, 2.05) is 13.8 Å². The van der Waals surface area contributed by atoms with E-state index in [0.717, 1.165) is 0 Å². The molecule has 0 aromatic carbocycles. The second-order valence-electron chi connectivity index (χ2n) is 3.68. The fraction of sp³-hybridized carbons (Fsp3) is 0.889. The third-order valence-corrected chi connectivity index (χ3v) is 3.29. The minimum atomic E-state index is -3.50. The second-order valence-corrected chi connectivity index (χ2v) is 5.77. The van der Waals surface area contributed by atoms with Crippen LogP contribution in [0.15, 0.2) is 0 Å². The molecule has 15 heavy (non-hydrogen) atoms. The topological polar surface area (TPSA) is 79.2 Å². The normalized spacial score (nSPS) is 13.8. The lowest BCUT2D eigenvalue weighted by Gasteiger charge is -2.09. The minimum absolute atomic E-state index is 0.209. The Labute approximate surface area is 91.5 Å². The summed E-state index contributed by atoms with van der Waals surface area (Å²) in [4.78, 5) is 0. The molecule has 0 aromatic heterocycles. The molecule has 88 valence electrons. The highest BCUT2D eigenvalue weighted by Crippen LogP contribution is 1.95. The highest BCUT2D eigenvalue weighted by molar-refractivity contribution is 7.90. The summed E-state index contributed by atoms with van der Waals surface area (Å²) in [5.41, 5.74) is 0. The monoisotopic (exact) mass is 234 g/mol. The molecule has 0 saturated carbocycles. The van der Waals surface area contributed by atoms with E-state index in [9.17, 15) is 8.42 Å². The first-order valence-corrected chi connectivity index (χ1v) is 6.40. The Hall–Kier alpha value is -0.640. The van der Waals surface area contributed by atoms with E-state index in [0.29, 0.717) is 19.1 Å². The maximum atomic E-state index is 11.3. The summed E-state index contributed by atoms with van der Waals surface area (Å²) in [7, 11) is -3.50. The number of hydrogen-bond donors (Lipinski definition) is 1. The van der Waals surface area contributed by atoms with Gasteiger partial charge in [-0.25, -0.2) is 13.1 Å². The quantitative estimate of drug-likeness (QED) is 0.650. The van der Waals surface area contributed by atoms with Crippen molar-refractivity contribution in [3.05, 3.63) is 0 Å². The van der Waals surface area contributed by atoms with Crippen molar-refractivity contribution in [2.45, 2.75) is 26.0 Å². The molecule has 1 N–H and O–H groups in total. The van der Waals surface area contributed by atoms with Gasteiger partial charge in [0.15, 0.2) is 5.25 Å². The van der Waals surface area contributed by atoms with Gasteiger partial charge in [-0.1, -0.05) is 13.8 Å². The molecule has 0 spiro atoms. The fourth-order valence-electron chi connectivity index (χ4n) is 0.770. The SMILES string of the molecule is CC(C)COCCNS(=O)(=O)C(C)C#N. The second kappa shape index (κ2) is 6.77. The molecular weight excluding hydrogens is 216 g/mol. The number of rotatable bonds is 7. The van der Waals surface area contributed by atoms with Crippen LogP contribution < -0.4 is 4.72 Å². The molecule has 0 amide bonds. The van der Waals surface area contributed by atoms with Crippen LogP contribution in [0.1, 0.15) is 20.8 Å². The molecule has 0 rings (SSSR count). The molecule has 1 atom stereocenters. The lowest BCUT2D eigenvalue weighted by molar-refractivity contribution is 0.114. The van der Waals surface area contributed by atoms with Crippen molar-refractivity contribution in [1.29, 1.82) is 5.26 Å². The van der Waals surface area contributed by atoms with Crippen LogP contribution in [0.5, 0.6) is 0 Å². The number of nitriles is 1. The summed E-state index contributed by atoms with van der Waals surface area (Å²) in [5, 5.41) is 7.42. The maximum Gasteiger partial charge on any atom is 0.227 e. The Morgan fingerprint density at radius 2 is 2.00 bits per heavy atom. The molecular formula is C9H18N2O3S. The Kier molecular flexibility index (Phi) is 6.48. The molecule has 0 aliphatic rings. The van der Waals surface area contributed by atoms with Crippen molar-refractivity contribution in [1.82, 2.24) is 4.72 Å². The predicted octanol–water partition coefficient (Wildman–Crippen LogP) is 0.490. The third-order valence-electron chi connectivity index (χ3n) is 1.65. The van der Waals surface area contributed by atoms with E-state index in [1.165, 1.54) is 6.92 Å². The lowest BCUT2D eigenvalue weighted by Crippen LogP contribution is -2.34. The van der Waals surface area contributed by atoms with Crippen LogP contribution in [0, 0.1) is 17.2 Å². The Balaban J connectivity index is 3.74. The summed E-state index contributed by atoms with van der Waals surface area (Å²) in [6.45, 7) is 6.52. The first-order chi connectivity index (χ1) is 6.90. The number of hydrogen-bond acceptors (Lipinski definition) is 4. The van der Waals surface area contributed by atoms with Crippen molar-refractivity contribution in [2.24, 2.45) is 5.92 Å². The van der Waals surface area contributed by atoms with Gasteiger partial charge >= 0.3 is 0 Å². The molecule has 5 nitrogen and oxygen atoms in total. The number of nitrogens with one attached hydrogen (secondary N) is 1. The standard InChI is InChI=1S/C9H18N2O3S/c1-8(2)7-14-5-4-11-15(12,13)9(3)6-10/h8-9,11H,4-5,7H2,1-3H3. The molecule has 0 aliphatic heterocycles. The van der Waals surface area contributed by atoms with Crippen LogP contribution in [0.4, 0.5) is 0 Å². The third kappa shape index (κ3) is 6.44. The molecule has 6 heteroatoms. The van der Waals surface area contributed by atoms with E-state index in [-0.39, 0.29) is 6.54 Å². The van der Waals surface area contributed by atoms with Crippen molar-refractivity contribution in [2.75, 3.05) is 19.8 Å². The molecule has 1 unspecified atom stereocenters. The van der Waals surface area contributed by atoms with Gasteiger partial charge in [-0.3, -0.25) is 0 Å². The van der Waals surface area contributed by atoms with Crippen LogP contribution >= 0.6 is 0 Å². The van der Waals surface area contributed by atoms with Gasteiger partial charge in [-0.2, -0.15) is 5.26 Å². The smallest absolute Gasteiger partial charge is 0.227 e. The van der Waals surface area contributed by atoms with E-state index in [2.05, 4.69) is 4.72 Å². The maximum absolute atomic E-state index is 11.3. The van der Waals surface area contributed by atoms with Gasteiger partial charge in [0.1, 0.15) is 0 Å². The lowest BCUT2D eigenvalue weighted by atomic mass is 10.2. The first-order valence-electron chi connectivity index (χ1n) is 4.86. The van der Waals surface area contributed by atoms with Crippen LogP contribution in [0.25, 0.3) is 0 Å². The molecule has 0 saturated heterocycles. The Bertz CT molecular complexity index is 306. The predicted molar refractivity (Wildman–Crippen MR) is 57.7 cm³/mol. The van der Waals surface area contributed by atoms with Crippen molar-refractivity contribution in [3.8, 4) is 6.07 Å². The van der Waals surface area contributed by atoms with Crippen LogP contribution in [-0.4, -0.2) is 33.4 Å². The van der Waals surface area contributed by atoms with Crippen LogP contribution in [-0.2, 0) is 14.8 Å². The molecule has 0 heterocycles. The van der Waals surface area contributed by atoms with Crippen LogP contribution in [0.2, 0.25) is 0 Å². The largest absolute Gasteiger partial charge is 0.380 e. The zero-order chi connectivity index (χ0) is 11.9. The molecule has 0 bridgehead atoms.